The van der Waals surface area contributed by atoms with E-state index >= 15 is 0 Å². The highest BCUT2D eigenvalue weighted by atomic mass is 16.4. The van der Waals surface area contributed by atoms with E-state index in [4.69, 9.17) is 0 Å². The summed E-state index contributed by atoms with van der Waals surface area (Å²) in [5.74, 6) is -0.947. The van der Waals surface area contributed by atoms with Crippen LogP contribution in [0.2, 0.25) is 0 Å². The van der Waals surface area contributed by atoms with E-state index in [1.54, 1.807) is 0 Å². The molecule has 1 aromatic heterocycles. The number of hydrogen-bond donors (Lipinski definition) is 1. The smallest absolute Gasteiger partial charge is 0.339 e. The third-order valence-electron chi connectivity index (χ3n) is 4.32. The summed E-state index contributed by atoms with van der Waals surface area (Å²) in [5, 5.41) is 9.18. The largest absolute Gasteiger partial charge is 0.478 e. The van der Waals surface area contributed by atoms with Crippen LogP contribution in [0.3, 0.4) is 0 Å². The minimum absolute atomic E-state index is 0.221. The van der Waals surface area contributed by atoms with Gasteiger partial charge < -0.3 is 5.11 Å². The predicted molar refractivity (Wildman–Crippen MR) is 73.5 cm³/mol. The normalized spacial score (nSPS) is 24.3. The lowest BCUT2D eigenvalue weighted by molar-refractivity contribution is 0.0446. The molecular formula is C14H20N4O2. The summed E-state index contributed by atoms with van der Waals surface area (Å²) in [5.41, 5.74) is 0.843. The van der Waals surface area contributed by atoms with Gasteiger partial charge in [-0.25, -0.2) is 14.8 Å². The maximum absolute atomic E-state index is 11.2. The average molecular weight is 276 g/mol. The molecule has 3 rings (SSSR count). The van der Waals surface area contributed by atoms with E-state index in [1.165, 1.54) is 38.3 Å². The van der Waals surface area contributed by atoms with E-state index in [0.717, 1.165) is 19.6 Å². The lowest BCUT2D eigenvalue weighted by atomic mass is 9.99. The second-order valence-electron chi connectivity index (χ2n) is 5.61. The van der Waals surface area contributed by atoms with Crippen LogP contribution in [0.4, 0.5) is 0 Å². The molecule has 6 nitrogen and oxygen atoms in total. The van der Waals surface area contributed by atoms with Crippen LogP contribution in [0.5, 0.6) is 0 Å². The number of piperazine rings is 1. The summed E-state index contributed by atoms with van der Waals surface area (Å²) in [6.45, 7) is 4.90. The van der Waals surface area contributed by atoms with Crippen LogP contribution in [0.25, 0.3) is 0 Å². The highest BCUT2D eigenvalue weighted by Crippen LogP contribution is 2.22. The first-order valence-electron chi connectivity index (χ1n) is 7.22. The number of rotatable bonds is 3. The SMILES string of the molecule is O=C(O)c1cncnc1CN1CCN2CCCCC2C1. The summed E-state index contributed by atoms with van der Waals surface area (Å²) < 4.78 is 0. The Morgan fingerprint density at radius 2 is 2.25 bits per heavy atom. The van der Waals surface area contributed by atoms with Gasteiger partial charge in [0.15, 0.2) is 0 Å². The van der Waals surface area contributed by atoms with Gasteiger partial charge in [-0.3, -0.25) is 9.80 Å². The van der Waals surface area contributed by atoms with Gasteiger partial charge in [0.25, 0.3) is 0 Å². The molecule has 2 aliphatic heterocycles. The fourth-order valence-electron chi connectivity index (χ4n) is 3.24. The molecule has 0 saturated carbocycles. The van der Waals surface area contributed by atoms with Crippen LogP contribution in [-0.4, -0.2) is 63.1 Å². The van der Waals surface area contributed by atoms with Crippen LogP contribution in [0.15, 0.2) is 12.5 Å². The molecule has 2 aliphatic rings. The molecule has 1 N–H and O–H groups in total. The highest BCUT2D eigenvalue weighted by Gasteiger charge is 2.29. The lowest BCUT2D eigenvalue weighted by Gasteiger charge is -2.44. The second kappa shape index (κ2) is 5.85. The average Bonchev–Trinajstić information content (AvgIpc) is 2.47. The molecule has 0 amide bonds. The number of carboxylic acids is 1. The number of piperidine rings is 1. The fourth-order valence-corrected chi connectivity index (χ4v) is 3.24. The van der Waals surface area contributed by atoms with E-state index in [9.17, 15) is 9.90 Å². The summed E-state index contributed by atoms with van der Waals surface area (Å²) in [7, 11) is 0. The minimum atomic E-state index is -0.947. The Hall–Kier alpha value is -1.53. The predicted octanol–water partition coefficient (Wildman–Crippen LogP) is 0.845. The van der Waals surface area contributed by atoms with Gasteiger partial charge in [0.1, 0.15) is 11.9 Å². The van der Waals surface area contributed by atoms with Crippen molar-refractivity contribution in [2.45, 2.75) is 31.8 Å². The van der Waals surface area contributed by atoms with Crippen molar-refractivity contribution in [1.29, 1.82) is 0 Å². The number of carbonyl (C=O) groups is 1. The molecule has 2 fully saturated rings. The van der Waals surface area contributed by atoms with Crippen molar-refractivity contribution >= 4 is 5.97 Å². The molecule has 20 heavy (non-hydrogen) atoms. The van der Waals surface area contributed by atoms with Gasteiger partial charge in [0.2, 0.25) is 0 Å². The Bertz CT molecular complexity index is 494. The first kappa shape index (κ1) is 13.5. The van der Waals surface area contributed by atoms with E-state index < -0.39 is 5.97 Å². The van der Waals surface area contributed by atoms with Crippen LogP contribution >= 0.6 is 0 Å². The first-order chi connectivity index (χ1) is 9.74. The number of nitrogens with zero attached hydrogens (tertiary/aromatic N) is 4. The Balaban J connectivity index is 1.68. The van der Waals surface area contributed by atoms with Gasteiger partial charge in [0.05, 0.1) is 5.69 Å². The molecule has 0 spiro atoms. The Morgan fingerprint density at radius 1 is 1.35 bits per heavy atom. The number of carboxylic acid groups (broad SMARTS) is 1. The van der Waals surface area contributed by atoms with Gasteiger partial charge >= 0.3 is 5.97 Å². The van der Waals surface area contributed by atoms with Gasteiger partial charge in [0, 0.05) is 38.4 Å². The van der Waals surface area contributed by atoms with E-state index in [1.807, 2.05) is 0 Å². The monoisotopic (exact) mass is 276 g/mol. The maximum atomic E-state index is 11.2. The van der Waals surface area contributed by atoms with Crippen LogP contribution in [0, 0.1) is 0 Å². The Labute approximate surface area is 118 Å². The summed E-state index contributed by atoms with van der Waals surface area (Å²) >= 11 is 0. The Kier molecular flexibility index (Phi) is 3.93. The van der Waals surface area contributed by atoms with Crippen LogP contribution in [-0.2, 0) is 6.54 Å². The molecule has 2 saturated heterocycles. The lowest BCUT2D eigenvalue weighted by Crippen LogP contribution is -2.54. The number of aromatic carboxylic acids is 1. The van der Waals surface area contributed by atoms with Crippen molar-refractivity contribution in [3.63, 3.8) is 0 Å². The topological polar surface area (TPSA) is 69.6 Å². The molecule has 1 unspecified atom stereocenters. The van der Waals surface area contributed by atoms with Gasteiger partial charge in [-0.15, -0.1) is 0 Å². The molecule has 3 heterocycles. The third-order valence-corrected chi connectivity index (χ3v) is 4.32. The van der Waals surface area contributed by atoms with Gasteiger partial charge in [-0.05, 0) is 19.4 Å². The van der Waals surface area contributed by atoms with E-state index in [2.05, 4.69) is 19.8 Å². The molecule has 0 radical (unpaired) electrons. The van der Waals surface area contributed by atoms with Crippen molar-refractivity contribution in [2.24, 2.45) is 0 Å². The summed E-state index contributed by atoms with van der Waals surface area (Å²) in [4.78, 5) is 24.0. The second-order valence-corrected chi connectivity index (χ2v) is 5.61. The third kappa shape index (κ3) is 2.81. The maximum Gasteiger partial charge on any atom is 0.339 e. The summed E-state index contributed by atoms with van der Waals surface area (Å²) in [6.07, 6.45) is 6.70. The minimum Gasteiger partial charge on any atom is -0.478 e. The fraction of sp³-hybridized carbons (Fsp3) is 0.643. The molecule has 0 bridgehead atoms. The van der Waals surface area contributed by atoms with Crippen LogP contribution in [0.1, 0.15) is 35.3 Å². The van der Waals surface area contributed by atoms with Crippen LogP contribution < -0.4 is 0 Å². The van der Waals surface area contributed by atoms with Gasteiger partial charge in [-0.1, -0.05) is 6.42 Å². The van der Waals surface area contributed by atoms with E-state index in [0.29, 0.717) is 18.3 Å². The zero-order chi connectivity index (χ0) is 13.9. The standard InChI is InChI=1S/C14H20N4O2/c19-14(20)12-7-15-10-16-13(12)9-17-5-6-18-4-2-1-3-11(18)8-17/h7,10-11H,1-6,8-9H2,(H,19,20). The van der Waals surface area contributed by atoms with Crippen molar-refractivity contribution in [2.75, 3.05) is 26.2 Å². The first-order valence-corrected chi connectivity index (χ1v) is 7.22. The quantitative estimate of drug-likeness (QED) is 0.882. The highest BCUT2D eigenvalue weighted by molar-refractivity contribution is 5.88. The molecule has 0 aromatic carbocycles. The number of aromatic nitrogens is 2. The molecule has 1 aromatic rings. The van der Waals surface area contributed by atoms with Crippen molar-refractivity contribution < 1.29 is 9.90 Å². The van der Waals surface area contributed by atoms with Crippen molar-refractivity contribution in [3.05, 3.63) is 23.8 Å². The molecular weight excluding hydrogens is 256 g/mol. The van der Waals surface area contributed by atoms with E-state index in [-0.39, 0.29) is 5.56 Å². The molecule has 1 atom stereocenters. The Morgan fingerprint density at radius 3 is 3.10 bits per heavy atom. The number of hydrogen-bond acceptors (Lipinski definition) is 5. The summed E-state index contributed by atoms with van der Waals surface area (Å²) in [6, 6.07) is 0.632. The molecule has 6 heteroatoms. The zero-order valence-corrected chi connectivity index (χ0v) is 11.5. The van der Waals surface area contributed by atoms with Crippen molar-refractivity contribution in [3.8, 4) is 0 Å². The zero-order valence-electron chi connectivity index (χ0n) is 11.5. The van der Waals surface area contributed by atoms with Crippen molar-refractivity contribution in [1.82, 2.24) is 19.8 Å². The molecule has 108 valence electrons. The number of fused-ring (bicyclic) bond motifs is 1. The molecule has 0 aliphatic carbocycles. The van der Waals surface area contributed by atoms with Gasteiger partial charge in [-0.2, -0.15) is 0 Å².